The Labute approximate surface area is 114 Å². The van der Waals surface area contributed by atoms with Crippen molar-refractivity contribution in [2.45, 2.75) is 19.1 Å². The fourth-order valence-corrected chi connectivity index (χ4v) is 2.17. The summed E-state index contributed by atoms with van der Waals surface area (Å²) in [6, 6.07) is -1.42. The van der Waals surface area contributed by atoms with Crippen LogP contribution in [0.3, 0.4) is 0 Å². The van der Waals surface area contributed by atoms with E-state index in [1.54, 1.807) is 6.20 Å². The Kier molecular flexibility index (Phi) is 4.15. The lowest BCUT2D eigenvalue weighted by Crippen LogP contribution is -2.53. The molecule has 1 aliphatic rings. The Morgan fingerprint density at radius 2 is 1.84 bits per heavy atom. The van der Waals surface area contributed by atoms with Crippen LogP contribution in [0.25, 0.3) is 0 Å². The third kappa shape index (κ3) is 3.48. The SMILES string of the molecule is C[C@H](N1CCN(c2cncc(Cl)n2)CC1)C(F)(F)F. The van der Waals surface area contributed by atoms with Crippen LogP contribution in [0.4, 0.5) is 19.0 Å². The molecule has 1 aliphatic heterocycles. The first-order valence-electron chi connectivity index (χ1n) is 5.91. The Balaban J connectivity index is 1.96. The van der Waals surface area contributed by atoms with Gasteiger partial charge in [-0.3, -0.25) is 9.88 Å². The highest BCUT2D eigenvalue weighted by Crippen LogP contribution is 2.26. The van der Waals surface area contributed by atoms with Gasteiger partial charge < -0.3 is 4.90 Å². The second-order valence-electron chi connectivity index (χ2n) is 4.44. The van der Waals surface area contributed by atoms with Gasteiger partial charge in [-0.15, -0.1) is 0 Å². The van der Waals surface area contributed by atoms with Crippen molar-refractivity contribution in [1.29, 1.82) is 0 Å². The zero-order chi connectivity index (χ0) is 14.0. The number of hydrogen-bond acceptors (Lipinski definition) is 4. The fraction of sp³-hybridized carbons (Fsp3) is 0.636. The quantitative estimate of drug-likeness (QED) is 0.837. The standard InChI is InChI=1S/C11H14ClF3N4/c1-8(11(13,14)15)18-2-4-19(5-3-18)10-7-16-6-9(12)17-10/h6-8H,2-5H2,1H3/t8-/m0/s1. The summed E-state index contributed by atoms with van der Waals surface area (Å²) < 4.78 is 37.8. The van der Waals surface area contributed by atoms with E-state index in [2.05, 4.69) is 9.97 Å². The molecule has 8 heteroatoms. The molecule has 0 aromatic carbocycles. The summed E-state index contributed by atoms with van der Waals surface area (Å²) in [7, 11) is 0. The zero-order valence-electron chi connectivity index (χ0n) is 10.4. The second kappa shape index (κ2) is 5.50. The van der Waals surface area contributed by atoms with Crippen LogP contribution in [-0.2, 0) is 0 Å². The van der Waals surface area contributed by atoms with Crippen LogP contribution in [0.2, 0.25) is 5.15 Å². The van der Waals surface area contributed by atoms with Crippen molar-refractivity contribution in [2.24, 2.45) is 0 Å². The van der Waals surface area contributed by atoms with Gasteiger partial charge in [0.15, 0.2) is 0 Å². The van der Waals surface area contributed by atoms with E-state index in [0.717, 1.165) is 0 Å². The Bertz CT molecular complexity index is 432. The molecule has 0 spiro atoms. The van der Waals surface area contributed by atoms with Crippen LogP contribution in [0, 0.1) is 0 Å². The lowest BCUT2D eigenvalue weighted by molar-refractivity contribution is -0.179. The molecule has 106 valence electrons. The molecule has 0 N–H and O–H groups in total. The Morgan fingerprint density at radius 3 is 2.37 bits per heavy atom. The van der Waals surface area contributed by atoms with Crippen molar-refractivity contribution in [1.82, 2.24) is 14.9 Å². The van der Waals surface area contributed by atoms with Crippen LogP contribution in [-0.4, -0.2) is 53.3 Å². The maximum Gasteiger partial charge on any atom is 0.403 e. The smallest absolute Gasteiger partial charge is 0.353 e. The molecule has 1 saturated heterocycles. The first-order valence-corrected chi connectivity index (χ1v) is 6.29. The molecule has 1 aromatic rings. The van der Waals surface area contributed by atoms with Gasteiger partial charge in [-0.05, 0) is 6.92 Å². The van der Waals surface area contributed by atoms with E-state index >= 15 is 0 Å². The van der Waals surface area contributed by atoms with E-state index < -0.39 is 12.2 Å². The minimum absolute atomic E-state index is 0.281. The van der Waals surface area contributed by atoms with Crippen LogP contribution in [0.5, 0.6) is 0 Å². The minimum Gasteiger partial charge on any atom is -0.353 e. The van der Waals surface area contributed by atoms with E-state index in [1.165, 1.54) is 18.0 Å². The van der Waals surface area contributed by atoms with Crippen molar-refractivity contribution < 1.29 is 13.2 Å². The average molecular weight is 295 g/mol. The highest BCUT2D eigenvalue weighted by atomic mass is 35.5. The normalized spacial score (nSPS) is 19.5. The molecular weight excluding hydrogens is 281 g/mol. The summed E-state index contributed by atoms with van der Waals surface area (Å²) in [6.07, 6.45) is -1.19. The van der Waals surface area contributed by atoms with Gasteiger partial charge >= 0.3 is 6.18 Å². The Morgan fingerprint density at radius 1 is 1.21 bits per heavy atom. The molecule has 19 heavy (non-hydrogen) atoms. The largest absolute Gasteiger partial charge is 0.403 e. The lowest BCUT2D eigenvalue weighted by atomic mass is 10.2. The first-order chi connectivity index (χ1) is 8.88. The number of rotatable bonds is 2. The van der Waals surface area contributed by atoms with Crippen molar-refractivity contribution >= 4 is 17.4 Å². The van der Waals surface area contributed by atoms with Crippen molar-refractivity contribution in [3.8, 4) is 0 Å². The number of aromatic nitrogens is 2. The number of alkyl halides is 3. The molecule has 0 saturated carbocycles. The third-order valence-electron chi connectivity index (χ3n) is 3.25. The van der Waals surface area contributed by atoms with Crippen LogP contribution >= 0.6 is 11.6 Å². The van der Waals surface area contributed by atoms with Gasteiger partial charge in [0.25, 0.3) is 0 Å². The summed E-state index contributed by atoms with van der Waals surface area (Å²) in [5.41, 5.74) is 0. The van der Waals surface area contributed by atoms with E-state index in [9.17, 15) is 13.2 Å². The lowest BCUT2D eigenvalue weighted by Gasteiger charge is -2.38. The highest BCUT2D eigenvalue weighted by molar-refractivity contribution is 6.29. The summed E-state index contributed by atoms with van der Waals surface area (Å²) >= 11 is 5.74. The molecule has 2 rings (SSSR count). The molecule has 4 nitrogen and oxygen atoms in total. The van der Waals surface area contributed by atoms with Gasteiger partial charge in [-0.1, -0.05) is 11.6 Å². The average Bonchev–Trinajstić information content (AvgIpc) is 2.37. The van der Waals surface area contributed by atoms with Crippen LogP contribution in [0.1, 0.15) is 6.92 Å². The zero-order valence-corrected chi connectivity index (χ0v) is 11.1. The summed E-state index contributed by atoms with van der Waals surface area (Å²) in [5.74, 6) is 0.604. The molecule has 0 radical (unpaired) electrons. The Hall–Kier alpha value is -1.08. The van der Waals surface area contributed by atoms with Gasteiger partial charge in [0, 0.05) is 26.2 Å². The molecule has 1 aromatic heterocycles. The molecule has 0 bridgehead atoms. The van der Waals surface area contributed by atoms with Crippen molar-refractivity contribution in [2.75, 3.05) is 31.1 Å². The van der Waals surface area contributed by atoms with Crippen LogP contribution < -0.4 is 4.90 Å². The molecular formula is C11H14ClF3N4. The summed E-state index contributed by atoms with van der Waals surface area (Å²) in [5, 5.41) is 0.281. The maximum absolute atomic E-state index is 12.6. The summed E-state index contributed by atoms with van der Waals surface area (Å²) in [4.78, 5) is 11.3. The van der Waals surface area contributed by atoms with E-state index in [0.29, 0.717) is 32.0 Å². The number of halogens is 4. The predicted octanol–water partition coefficient (Wildman–Crippen LogP) is 2.20. The van der Waals surface area contributed by atoms with Crippen LogP contribution in [0.15, 0.2) is 12.4 Å². The molecule has 1 atom stereocenters. The van der Waals surface area contributed by atoms with E-state index in [4.69, 9.17) is 11.6 Å². The van der Waals surface area contributed by atoms with Gasteiger partial charge in [-0.2, -0.15) is 13.2 Å². The van der Waals surface area contributed by atoms with E-state index in [-0.39, 0.29) is 5.15 Å². The highest BCUT2D eigenvalue weighted by Gasteiger charge is 2.40. The fourth-order valence-electron chi connectivity index (χ4n) is 2.03. The first kappa shape index (κ1) is 14.3. The van der Waals surface area contributed by atoms with Gasteiger partial charge in [0.1, 0.15) is 17.0 Å². The molecule has 1 fully saturated rings. The monoisotopic (exact) mass is 294 g/mol. The van der Waals surface area contributed by atoms with E-state index in [1.807, 2.05) is 4.90 Å². The second-order valence-corrected chi connectivity index (χ2v) is 4.83. The van der Waals surface area contributed by atoms with Gasteiger partial charge in [-0.25, -0.2) is 4.98 Å². The van der Waals surface area contributed by atoms with Gasteiger partial charge in [0.2, 0.25) is 0 Å². The molecule has 0 amide bonds. The number of hydrogen-bond donors (Lipinski definition) is 0. The minimum atomic E-state index is -4.18. The van der Waals surface area contributed by atoms with Crippen molar-refractivity contribution in [3.05, 3.63) is 17.5 Å². The number of piperazine rings is 1. The predicted molar refractivity (Wildman–Crippen MR) is 66.3 cm³/mol. The van der Waals surface area contributed by atoms with Crippen molar-refractivity contribution in [3.63, 3.8) is 0 Å². The molecule has 0 unspecified atom stereocenters. The topological polar surface area (TPSA) is 32.3 Å². The summed E-state index contributed by atoms with van der Waals surface area (Å²) in [6.45, 7) is 2.84. The maximum atomic E-state index is 12.6. The number of nitrogens with zero attached hydrogens (tertiary/aromatic N) is 4. The van der Waals surface area contributed by atoms with Gasteiger partial charge in [0.05, 0.1) is 12.4 Å². The molecule has 2 heterocycles. The molecule has 0 aliphatic carbocycles. The number of anilines is 1. The third-order valence-corrected chi connectivity index (χ3v) is 3.43.